The molecule has 0 amide bonds. The lowest BCUT2D eigenvalue weighted by atomic mass is 9.42. The van der Waals surface area contributed by atoms with Crippen LogP contribution in [-0.2, 0) is 25.7 Å². The summed E-state index contributed by atoms with van der Waals surface area (Å²) in [6, 6.07) is 1.08. The first-order valence-electron chi connectivity index (χ1n) is 18.8. The molecule has 0 radical (unpaired) electrons. The van der Waals surface area contributed by atoms with Gasteiger partial charge < -0.3 is 23.7 Å². The van der Waals surface area contributed by atoms with Crippen molar-refractivity contribution in [2.75, 3.05) is 7.11 Å². The monoisotopic (exact) mass is 680 g/mol. The fourth-order valence-electron chi connectivity index (χ4n) is 12.7. The van der Waals surface area contributed by atoms with Crippen molar-refractivity contribution >= 4 is 11.9 Å². The van der Waals surface area contributed by atoms with Gasteiger partial charge >= 0.3 is 11.9 Å². The van der Waals surface area contributed by atoms with E-state index in [4.69, 9.17) is 23.7 Å². The molecular formula is C41H60O8. The minimum Gasteiger partial charge on any atom is -0.463 e. The van der Waals surface area contributed by atoms with Crippen molar-refractivity contribution < 1.29 is 33.3 Å². The van der Waals surface area contributed by atoms with Gasteiger partial charge in [-0.25, -0.2) is 0 Å². The van der Waals surface area contributed by atoms with Crippen LogP contribution in [0.4, 0.5) is 0 Å². The number of ether oxygens (including phenoxy) is 3. The van der Waals surface area contributed by atoms with Crippen LogP contribution < -0.4 is 10.2 Å². The van der Waals surface area contributed by atoms with Crippen LogP contribution in [-0.4, -0.2) is 36.4 Å². The number of methoxy groups -OCH3 is 1. The van der Waals surface area contributed by atoms with E-state index in [-0.39, 0.29) is 46.7 Å². The first-order valence-corrected chi connectivity index (χ1v) is 18.8. The Balaban J connectivity index is 1.12. The van der Waals surface area contributed by atoms with E-state index in [1.807, 2.05) is 7.11 Å². The summed E-state index contributed by atoms with van der Waals surface area (Å²) in [5.74, 6) is 0.999. The molecule has 272 valence electrons. The standard InChI is InChI=1S/C41H60O8/c1-37(2)31-15-18-39(5)22-25-9-11-30-38(3,4)34(49-36(45)14-13-35(44)48-29-24-47-26(23-42)21-28(29)43)17-19-40(30,6)27(25)10-12-32(39)41(31,7)20-16-33(37)46-8/h9,21,24,27,30-34,42H,10-20,22-23H2,1-8H3/t27-,30-,31-,32-,33-,34+,39-,40+,41-/m0/s1. The van der Waals surface area contributed by atoms with Gasteiger partial charge in [0.05, 0.1) is 18.9 Å². The molecule has 9 atom stereocenters. The summed E-state index contributed by atoms with van der Waals surface area (Å²) in [6.45, 7) is 16.8. The Morgan fingerprint density at radius 2 is 1.51 bits per heavy atom. The summed E-state index contributed by atoms with van der Waals surface area (Å²) >= 11 is 0. The van der Waals surface area contributed by atoms with E-state index in [9.17, 15) is 14.4 Å². The van der Waals surface area contributed by atoms with Crippen molar-refractivity contribution in [2.24, 2.45) is 50.7 Å². The lowest BCUT2D eigenvalue weighted by Crippen LogP contribution is -2.58. The number of aliphatic hydroxyl groups excluding tert-OH is 1. The van der Waals surface area contributed by atoms with Crippen molar-refractivity contribution in [3.63, 3.8) is 0 Å². The molecule has 8 nitrogen and oxygen atoms in total. The zero-order chi connectivity index (χ0) is 35.6. The van der Waals surface area contributed by atoms with Crippen LogP contribution in [0.15, 0.2) is 33.2 Å². The number of carbonyl (C=O) groups excluding carboxylic acids is 2. The van der Waals surface area contributed by atoms with E-state index in [0.29, 0.717) is 40.6 Å². The third kappa shape index (κ3) is 6.15. The smallest absolute Gasteiger partial charge is 0.312 e. The predicted octanol–water partition coefficient (Wildman–Crippen LogP) is 8.18. The maximum Gasteiger partial charge on any atom is 0.312 e. The lowest BCUT2D eigenvalue weighted by molar-refractivity contribution is -0.178. The number of carbonyl (C=O) groups is 2. The van der Waals surface area contributed by atoms with E-state index in [1.54, 1.807) is 5.57 Å². The molecule has 1 N–H and O–H groups in total. The molecule has 6 rings (SSSR count). The lowest BCUT2D eigenvalue weighted by Gasteiger charge is -2.64. The van der Waals surface area contributed by atoms with Gasteiger partial charge in [0.1, 0.15) is 24.7 Å². The summed E-state index contributed by atoms with van der Waals surface area (Å²) in [4.78, 5) is 37.6. The minimum absolute atomic E-state index is 0.0765. The summed E-state index contributed by atoms with van der Waals surface area (Å²) < 4.78 is 22.4. The van der Waals surface area contributed by atoms with Gasteiger partial charge in [0.25, 0.3) is 0 Å². The van der Waals surface area contributed by atoms with E-state index < -0.39 is 24.0 Å². The highest BCUT2D eigenvalue weighted by atomic mass is 16.6. The highest BCUT2D eigenvalue weighted by molar-refractivity contribution is 5.79. The van der Waals surface area contributed by atoms with Gasteiger partial charge in [0, 0.05) is 18.6 Å². The Morgan fingerprint density at radius 3 is 2.20 bits per heavy atom. The highest BCUT2D eigenvalue weighted by Crippen LogP contribution is 2.70. The Hall–Kier alpha value is -2.45. The molecule has 0 saturated heterocycles. The van der Waals surface area contributed by atoms with Crippen molar-refractivity contribution in [2.45, 2.75) is 144 Å². The average molecular weight is 681 g/mol. The van der Waals surface area contributed by atoms with Gasteiger partial charge in [-0.15, -0.1) is 0 Å². The van der Waals surface area contributed by atoms with E-state index in [0.717, 1.165) is 38.0 Å². The normalized spacial score (nSPS) is 39.2. The SMILES string of the molecule is CO[C@H]1CC[C@@]2(C)[C@@H](CC[C@@]3(C)CC4=CC[C@H]5C(C)(C)[C@H](OC(=O)CCC(=O)Oc6coc(CO)cc6=O)CC[C@]5(C)[C@H]4CC[C@@H]32)C1(C)C. The van der Waals surface area contributed by atoms with Gasteiger partial charge in [-0.1, -0.05) is 60.1 Å². The predicted molar refractivity (Wildman–Crippen MR) is 187 cm³/mol. The zero-order valence-electron chi connectivity index (χ0n) is 31.2. The van der Waals surface area contributed by atoms with Crippen LogP contribution in [0.3, 0.4) is 0 Å². The molecule has 4 fully saturated rings. The van der Waals surface area contributed by atoms with Gasteiger partial charge in [-0.2, -0.15) is 0 Å². The molecule has 4 saturated carbocycles. The molecule has 49 heavy (non-hydrogen) atoms. The quantitative estimate of drug-likeness (QED) is 0.227. The van der Waals surface area contributed by atoms with Gasteiger partial charge in [0.2, 0.25) is 11.2 Å². The van der Waals surface area contributed by atoms with Crippen molar-refractivity contribution in [3.8, 4) is 5.75 Å². The van der Waals surface area contributed by atoms with Gasteiger partial charge in [-0.3, -0.25) is 14.4 Å². The first kappa shape index (κ1) is 36.3. The Labute approximate surface area is 292 Å². The van der Waals surface area contributed by atoms with Crippen molar-refractivity contribution in [1.82, 2.24) is 0 Å². The topological polar surface area (TPSA) is 112 Å². The second kappa shape index (κ2) is 13.0. The highest BCUT2D eigenvalue weighted by Gasteiger charge is 2.63. The third-order valence-corrected chi connectivity index (χ3v) is 15.1. The summed E-state index contributed by atoms with van der Waals surface area (Å²) in [5.41, 5.74) is 1.88. The van der Waals surface area contributed by atoms with Crippen LogP contribution in [0.25, 0.3) is 0 Å². The van der Waals surface area contributed by atoms with Crippen LogP contribution in [0.1, 0.15) is 131 Å². The van der Waals surface area contributed by atoms with E-state index in [2.05, 4.69) is 54.5 Å². The number of rotatable bonds is 7. The molecule has 5 aliphatic rings. The van der Waals surface area contributed by atoms with Crippen LogP contribution >= 0.6 is 0 Å². The van der Waals surface area contributed by atoms with Crippen molar-refractivity contribution in [3.05, 3.63) is 40.0 Å². The molecule has 1 aromatic rings. The van der Waals surface area contributed by atoms with E-state index in [1.165, 1.54) is 38.5 Å². The number of hydrogen-bond donors (Lipinski definition) is 1. The number of aliphatic hydroxyl groups is 1. The molecule has 1 heterocycles. The molecule has 0 bridgehead atoms. The first-order chi connectivity index (χ1) is 23.0. The van der Waals surface area contributed by atoms with E-state index >= 15 is 0 Å². The fourth-order valence-corrected chi connectivity index (χ4v) is 12.7. The third-order valence-electron chi connectivity index (χ3n) is 15.1. The van der Waals surface area contributed by atoms with Gasteiger partial charge in [0.15, 0.2) is 0 Å². The number of fused-ring (bicyclic) bond motifs is 6. The average Bonchev–Trinajstić information content (AvgIpc) is 3.19. The van der Waals surface area contributed by atoms with Crippen LogP contribution in [0.2, 0.25) is 0 Å². The zero-order valence-corrected chi connectivity index (χ0v) is 31.2. The van der Waals surface area contributed by atoms with Crippen LogP contribution in [0.5, 0.6) is 5.75 Å². The molecule has 5 aliphatic carbocycles. The van der Waals surface area contributed by atoms with Crippen LogP contribution in [0, 0.1) is 50.7 Å². The number of esters is 2. The molecule has 1 aromatic heterocycles. The maximum atomic E-state index is 13.1. The largest absolute Gasteiger partial charge is 0.463 e. The second-order valence-corrected chi connectivity index (χ2v) is 18.3. The Kier molecular flexibility index (Phi) is 9.61. The van der Waals surface area contributed by atoms with Gasteiger partial charge in [-0.05, 0) is 110 Å². The molecule has 0 spiro atoms. The molecule has 0 aromatic carbocycles. The Bertz CT molecular complexity index is 1520. The number of allylic oxidation sites excluding steroid dienone is 2. The second-order valence-electron chi connectivity index (χ2n) is 18.3. The Morgan fingerprint density at radius 1 is 0.837 bits per heavy atom. The minimum atomic E-state index is -0.709. The molecule has 0 aliphatic heterocycles. The summed E-state index contributed by atoms with van der Waals surface area (Å²) in [5, 5.41) is 9.11. The fraction of sp³-hybridized carbons (Fsp3) is 0.780. The summed E-state index contributed by atoms with van der Waals surface area (Å²) in [6.07, 6.45) is 14.9. The molecule has 0 unspecified atom stereocenters. The maximum absolute atomic E-state index is 13.1. The van der Waals surface area contributed by atoms with Crippen molar-refractivity contribution in [1.29, 1.82) is 0 Å². The molecule has 8 heteroatoms. The molecular weight excluding hydrogens is 620 g/mol. The number of hydrogen-bond acceptors (Lipinski definition) is 8. The summed E-state index contributed by atoms with van der Waals surface area (Å²) in [7, 11) is 1.90.